The van der Waals surface area contributed by atoms with Crippen molar-refractivity contribution in [3.05, 3.63) is 24.3 Å². The molecule has 0 fully saturated rings. The Balaban J connectivity index is 2.44. The number of carbonyl (C=O) groups is 1. The molecule has 0 N–H and O–H groups in total. The Bertz CT molecular complexity index is 243. The fourth-order valence-electron chi connectivity index (χ4n) is 2.02. The summed E-state index contributed by atoms with van der Waals surface area (Å²) in [5.41, 5.74) is 0.0141. The third-order valence-electron chi connectivity index (χ3n) is 2.85. The lowest BCUT2D eigenvalue weighted by Crippen LogP contribution is -2.14. The van der Waals surface area contributed by atoms with Crippen LogP contribution in [0.2, 0.25) is 0 Å². The lowest BCUT2D eigenvalue weighted by molar-refractivity contribution is -0.120. The zero-order chi connectivity index (χ0) is 8.82. The lowest BCUT2D eigenvalue weighted by atomic mass is 9.79. The molecule has 0 radical (unpaired) electrons. The predicted octanol–water partition coefficient (Wildman–Crippen LogP) is 2.49. The Morgan fingerprint density at radius 3 is 1.67 bits per heavy atom. The second kappa shape index (κ2) is 2.09. The third-order valence-corrected chi connectivity index (χ3v) is 2.85. The molecule has 0 unspecified atom stereocenters. The van der Waals surface area contributed by atoms with Gasteiger partial charge in [-0.1, -0.05) is 38.2 Å². The summed E-state index contributed by atoms with van der Waals surface area (Å²) in [5, 5.41) is 0. The number of hydrogen-bond donors (Lipinski definition) is 0. The second-order valence-electron chi connectivity index (χ2n) is 4.57. The van der Waals surface area contributed by atoms with Gasteiger partial charge in [-0.25, -0.2) is 0 Å². The zero-order valence-electron chi connectivity index (χ0n) is 7.63. The van der Waals surface area contributed by atoms with E-state index in [1.54, 1.807) is 0 Å². The molecule has 0 aromatic carbocycles. The van der Waals surface area contributed by atoms with Crippen LogP contribution in [0.15, 0.2) is 24.3 Å². The van der Waals surface area contributed by atoms with Crippen molar-refractivity contribution in [1.82, 2.24) is 0 Å². The molecule has 3 rings (SSSR count). The molecule has 1 heteroatoms. The number of Topliss-reactive ketones (excluding diaryl/α,β-unsaturated/α-hetero) is 1. The van der Waals surface area contributed by atoms with Crippen LogP contribution in [0, 0.1) is 10.8 Å². The number of ketones is 1. The minimum atomic E-state index is 0.00704. The fraction of sp³-hybridized carbons (Fsp3) is 0.545. The molecule has 0 saturated heterocycles. The van der Waals surface area contributed by atoms with Crippen LogP contribution in [-0.4, -0.2) is 5.78 Å². The van der Waals surface area contributed by atoms with Crippen LogP contribution in [0.4, 0.5) is 0 Å². The highest BCUT2D eigenvalue weighted by Gasteiger charge is 2.35. The predicted molar refractivity (Wildman–Crippen MR) is 48.7 cm³/mol. The normalized spacial score (nSPS) is 45.0. The van der Waals surface area contributed by atoms with Crippen LogP contribution in [0.3, 0.4) is 0 Å². The molecule has 3 aliphatic rings. The number of fused-ring (bicyclic) bond motifs is 2. The maximum atomic E-state index is 11.5. The van der Waals surface area contributed by atoms with Crippen LogP contribution < -0.4 is 0 Å². The van der Waals surface area contributed by atoms with Crippen molar-refractivity contribution in [3.63, 3.8) is 0 Å². The lowest BCUT2D eigenvalue weighted by Gasteiger charge is -2.25. The van der Waals surface area contributed by atoms with Gasteiger partial charge in [0, 0.05) is 23.7 Å². The summed E-state index contributed by atoms with van der Waals surface area (Å²) in [7, 11) is 0. The Kier molecular flexibility index (Phi) is 1.36. The highest BCUT2D eigenvalue weighted by molar-refractivity contribution is 5.82. The second-order valence-corrected chi connectivity index (χ2v) is 4.57. The number of rotatable bonds is 0. The molecule has 12 heavy (non-hydrogen) atoms. The first-order valence-electron chi connectivity index (χ1n) is 4.44. The highest BCUT2D eigenvalue weighted by atomic mass is 16.1. The molecule has 0 heterocycles. The number of carbonyl (C=O) groups excluding carboxylic acids is 1. The average Bonchev–Trinajstić information content (AvgIpc) is 2.12. The molecule has 1 nitrogen and oxygen atoms in total. The summed E-state index contributed by atoms with van der Waals surface area (Å²) in [5.74, 6) is 0.384. The largest absolute Gasteiger partial charge is 0.300 e. The van der Waals surface area contributed by atoms with Crippen LogP contribution in [0.25, 0.3) is 0 Å². The maximum absolute atomic E-state index is 11.5. The Labute approximate surface area is 73.2 Å². The van der Waals surface area contributed by atoms with E-state index < -0.39 is 0 Å². The summed E-state index contributed by atoms with van der Waals surface area (Å²) in [6.07, 6.45) is 10.1. The Morgan fingerprint density at radius 2 is 1.33 bits per heavy atom. The van der Waals surface area contributed by atoms with Gasteiger partial charge in [0.2, 0.25) is 0 Å². The van der Waals surface area contributed by atoms with Crippen LogP contribution >= 0.6 is 0 Å². The first-order valence-corrected chi connectivity index (χ1v) is 4.44. The maximum Gasteiger partial charge on any atom is 0.135 e. The molecule has 64 valence electrons. The standard InChI is InChI=1S/C11H14O/c1-10-3-5-11(2,6-4-10)8-9(12)7-10/h3-6H,7-8H2,1-2H3. The quantitative estimate of drug-likeness (QED) is 0.500. The molecule has 3 aliphatic carbocycles. The van der Waals surface area contributed by atoms with Gasteiger partial charge < -0.3 is 0 Å². The van der Waals surface area contributed by atoms with Crippen LogP contribution in [-0.2, 0) is 4.79 Å². The van der Waals surface area contributed by atoms with Crippen molar-refractivity contribution in [1.29, 1.82) is 0 Å². The average molecular weight is 162 g/mol. The van der Waals surface area contributed by atoms with E-state index in [-0.39, 0.29) is 10.8 Å². The molecule has 0 saturated carbocycles. The van der Waals surface area contributed by atoms with E-state index in [0.29, 0.717) is 18.6 Å². The van der Waals surface area contributed by atoms with Gasteiger partial charge >= 0.3 is 0 Å². The minimum Gasteiger partial charge on any atom is -0.300 e. The van der Waals surface area contributed by atoms with E-state index in [1.807, 2.05) is 0 Å². The molecule has 0 aliphatic heterocycles. The van der Waals surface area contributed by atoms with Gasteiger partial charge in [-0.05, 0) is 0 Å². The van der Waals surface area contributed by atoms with Gasteiger partial charge in [-0.2, -0.15) is 0 Å². The monoisotopic (exact) mass is 162 g/mol. The summed E-state index contributed by atoms with van der Waals surface area (Å²) < 4.78 is 0. The van der Waals surface area contributed by atoms with E-state index in [0.717, 1.165) is 0 Å². The van der Waals surface area contributed by atoms with Gasteiger partial charge in [0.05, 0.1) is 0 Å². The van der Waals surface area contributed by atoms with E-state index in [1.165, 1.54) is 0 Å². The molecule has 0 aromatic rings. The fourth-order valence-corrected chi connectivity index (χ4v) is 2.02. The van der Waals surface area contributed by atoms with Gasteiger partial charge in [0.25, 0.3) is 0 Å². The van der Waals surface area contributed by atoms with E-state index in [2.05, 4.69) is 38.2 Å². The van der Waals surface area contributed by atoms with Crippen molar-refractivity contribution in [2.45, 2.75) is 26.7 Å². The van der Waals surface area contributed by atoms with Crippen molar-refractivity contribution in [3.8, 4) is 0 Å². The Hall–Kier alpha value is -0.850. The number of hydrogen-bond acceptors (Lipinski definition) is 1. The van der Waals surface area contributed by atoms with Crippen LogP contribution in [0.1, 0.15) is 26.7 Å². The van der Waals surface area contributed by atoms with Gasteiger partial charge in [-0.3, -0.25) is 4.79 Å². The minimum absolute atomic E-state index is 0.00704. The molecule has 0 atom stereocenters. The summed E-state index contributed by atoms with van der Waals surface area (Å²) in [6.45, 7) is 4.23. The van der Waals surface area contributed by atoms with Crippen molar-refractivity contribution in [2.24, 2.45) is 10.8 Å². The zero-order valence-corrected chi connectivity index (χ0v) is 7.63. The molecule has 0 amide bonds. The molecule has 2 bridgehead atoms. The third kappa shape index (κ3) is 1.13. The van der Waals surface area contributed by atoms with E-state index >= 15 is 0 Å². The first kappa shape index (κ1) is 7.78. The van der Waals surface area contributed by atoms with Gasteiger partial charge in [0.15, 0.2) is 0 Å². The summed E-state index contributed by atoms with van der Waals surface area (Å²) >= 11 is 0. The van der Waals surface area contributed by atoms with Gasteiger partial charge in [-0.15, -0.1) is 0 Å². The smallest absolute Gasteiger partial charge is 0.135 e. The summed E-state index contributed by atoms with van der Waals surface area (Å²) in [6, 6.07) is 0. The molecule has 0 aromatic heterocycles. The van der Waals surface area contributed by atoms with Crippen molar-refractivity contribution >= 4 is 5.78 Å². The topological polar surface area (TPSA) is 17.1 Å². The number of allylic oxidation sites excluding steroid dienone is 4. The molecular formula is C11H14O. The van der Waals surface area contributed by atoms with Gasteiger partial charge in [0.1, 0.15) is 5.78 Å². The SMILES string of the molecule is CC12C=CC(C)(C=C1)CC(=O)C2. The van der Waals surface area contributed by atoms with Crippen molar-refractivity contribution < 1.29 is 4.79 Å². The van der Waals surface area contributed by atoms with Crippen LogP contribution in [0.5, 0.6) is 0 Å². The molecular weight excluding hydrogens is 148 g/mol. The molecule has 0 spiro atoms. The van der Waals surface area contributed by atoms with Crippen molar-refractivity contribution in [2.75, 3.05) is 0 Å². The first-order chi connectivity index (χ1) is 5.52. The summed E-state index contributed by atoms with van der Waals surface area (Å²) in [4.78, 5) is 11.5. The van der Waals surface area contributed by atoms with E-state index in [4.69, 9.17) is 0 Å². The van der Waals surface area contributed by atoms with E-state index in [9.17, 15) is 4.79 Å². The highest BCUT2D eigenvalue weighted by Crippen LogP contribution is 2.42. The Morgan fingerprint density at radius 1 is 1.00 bits per heavy atom.